The fourth-order valence-corrected chi connectivity index (χ4v) is 4.77. The molecule has 0 amide bonds. The lowest BCUT2D eigenvalue weighted by atomic mass is 9.52. The summed E-state index contributed by atoms with van der Waals surface area (Å²) < 4.78 is 5.52. The van der Waals surface area contributed by atoms with Crippen molar-refractivity contribution in [3.63, 3.8) is 0 Å². The molecule has 1 aromatic rings. The second-order valence-electron chi connectivity index (χ2n) is 8.23. The van der Waals surface area contributed by atoms with Crippen molar-refractivity contribution >= 4 is 18.5 Å². The molecule has 1 aliphatic heterocycles. The van der Waals surface area contributed by atoms with Crippen molar-refractivity contribution in [2.45, 2.75) is 58.3 Å². The van der Waals surface area contributed by atoms with Crippen LogP contribution < -0.4 is 4.74 Å². The normalized spacial score (nSPS) is 27.2. The third-order valence-corrected chi connectivity index (χ3v) is 5.89. The first-order chi connectivity index (χ1) is 11.7. The summed E-state index contributed by atoms with van der Waals surface area (Å²) in [5.41, 5.74) is -0.338. The van der Waals surface area contributed by atoms with Crippen molar-refractivity contribution in [3.8, 4) is 11.5 Å². The number of aromatic hydroxyl groups is 1. The Balaban J connectivity index is 2.39. The summed E-state index contributed by atoms with van der Waals surface area (Å²) in [5, 5.41) is 10.7. The molecule has 0 aromatic heterocycles. The van der Waals surface area contributed by atoms with Gasteiger partial charge in [0.15, 0.2) is 17.8 Å². The maximum Gasteiger partial charge on any atom is 0.316 e. The smallest absolute Gasteiger partial charge is 0.316 e. The van der Waals surface area contributed by atoms with E-state index in [9.17, 15) is 19.5 Å². The first-order valence-electron chi connectivity index (χ1n) is 8.73. The van der Waals surface area contributed by atoms with Gasteiger partial charge in [0.1, 0.15) is 6.29 Å². The molecule has 25 heavy (non-hydrogen) atoms. The van der Waals surface area contributed by atoms with E-state index in [1.165, 1.54) is 0 Å². The average Bonchev–Trinajstić information content (AvgIpc) is 2.54. The van der Waals surface area contributed by atoms with Crippen molar-refractivity contribution < 1.29 is 24.2 Å². The minimum atomic E-state index is -1.13. The zero-order valence-corrected chi connectivity index (χ0v) is 15.1. The molecular weight excluding hydrogens is 320 g/mol. The number of hydrogen-bond donors (Lipinski definition) is 1. The highest BCUT2D eigenvalue weighted by molar-refractivity contribution is 5.95. The highest BCUT2D eigenvalue weighted by Gasteiger charge is 2.59. The van der Waals surface area contributed by atoms with Crippen LogP contribution in [0.4, 0.5) is 0 Å². The highest BCUT2D eigenvalue weighted by atomic mass is 16.5. The molecular formula is C20H24O5. The van der Waals surface area contributed by atoms with E-state index in [0.29, 0.717) is 29.4 Å². The van der Waals surface area contributed by atoms with Gasteiger partial charge < -0.3 is 14.6 Å². The van der Waals surface area contributed by atoms with E-state index in [1.54, 1.807) is 6.07 Å². The molecule has 1 saturated carbocycles. The number of esters is 1. The van der Waals surface area contributed by atoms with Crippen LogP contribution in [0.25, 0.3) is 0 Å². The van der Waals surface area contributed by atoms with Gasteiger partial charge in [0, 0.05) is 16.7 Å². The molecule has 0 bridgehead atoms. The second kappa shape index (κ2) is 5.68. The maximum atomic E-state index is 12.8. The minimum absolute atomic E-state index is 0.0145. The van der Waals surface area contributed by atoms with Gasteiger partial charge in [0.05, 0.1) is 11.3 Å². The molecule has 0 saturated heterocycles. The van der Waals surface area contributed by atoms with Crippen LogP contribution in [-0.2, 0) is 15.0 Å². The number of hydrogen-bond acceptors (Lipinski definition) is 5. The van der Waals surface area contributed by atoms with Gasteiger partial charge in [-0.15, -0.1) is 0 Å². The van der Waals surface area contributed by atoms with E-state index < -0.39 is 22.7 Å². The lowest BCUT2D eigenvalue weighted by Gasteiger charge is -2.51. The Labute approximate surface area is 147 Å². The summed E-state index contributed by atoms with van der Waals surface area (Å²) in [6.45, 7) is 7.65. The van der Waals surface area contributed by atoms with Crippen LogP contribution in [0.5, 0.6) is 11.5 Å². The molecule has 1 N–H and O–H groups in total. The first kappa shape index (κ1) is 17.6. The van der Waals surface area contributed by atoms with Crippen LogP contribution in [0.3, 0.4) is 0 Å². The van der Waals surface area contributed by atoms with Crippen molar-refractivity contribution in [1.82, 2.24) is 0 Å². The zero-order valence-electron chi connectivity index (χ0n) is 15.1. The second-order valence-corrected chi connectivity index (χ2v) is 8.23. The lowest BCUT2D eigenvalue weighted by Crippen LogP contribution is -2.56. The van der Waals surface area contributed by atoms with Crippen molar-refractivity contribution in [2.75, 3.05) is 0 Å². The topological polar surface area (TPSA) is 80.7 Å². The van der Waals surface area contributed by atoms with Crippen LogP contribution in [0, 0.1) is 11.3 Å². The van der Waals surface area contributed by atoms with Crippen LogP contribution >= 0.6 is 0 Å². The van der Waals surface area contributed by atoms with Crippen LogP contribution in [0.15, 0.2) is 6.07 Å². The van der Waals surface area contributed by atoms with E-state index in [1.807, 2.05) is 27.7 Å². The Morgan fingerprint density at radius 3 is 2.52 bits per heavy atom. The summed E-state index contributed by atoms with van der Waals surface area (Å²) in [6.07, 6.45) is 3.50. The van der Waals surface area contributed by atoms with E-state index in [2.05, 4.69) is 0 Å². The SMILES string of the molecule is CC(C)c1cc(C=O)c2c(c1O)OC(=O)[C@H]1C(C)(C)CCC[C@]21C=O. The van der Waals surface area contributed by atoms with Gasteiger partial charge in [0.25, 0.3) is 0 Å². The number of aldehydes is 2. The Morgan fingerprint density at radius 2 is 1.96 bits per heavy atom. The lowest BCUT2D eigenvalue weighted by molar-refractivity contribution is -0.155. The molecule has 1 fully saturated rings. The van der Waals surface area contributed by atoms with Gasteiger partial charge in [-0.3, -0.25) is 9.59 Å². The molecule has 2 atom stereocenters. The number of ether oxygens (including phenoxy) is 1. The summed E-state index contributed by atoms with van der Waals surface area (Å²) in [4.78, 5) is 36.9. The van der Waals surface area contributed by atoms with Gasteiger partial charge >= 0.3 is 5.97 Å². The van der Waals surface area contributed by atoms with E-state index in [4.69, 9.17) is 4.74 Å². The van der Waals surface area contributed by atoms with Crippen molar-refractivity contribution in [3.05, 3.63) is 22.8 Å². The third kappa shape index (κ3) is 2.32. The summed E-state index contributed by atoms with van der Waals surface area (Å²) in [6, 6.07) is 1.62. The average molecular weight is 344 g/mol. The maximum absolute atomic E-state index is 12.8. The molecule has 0 radical (unpaired) electrons. The number of carbonyl (C=O) groups is 3. The van der Waals surface area contributed by atoms with Crippen molar-refractivity contribution in [2.24, 2.45) is 11.3 Å². The fourth-order valence-electron chi connectivity index (χ4n) is 4.77. The molecule has 0 spiro atoms. The standard InChI is InChI=1S/C20H24O5/c1-11(2)13-8-12(9-21)14-16(15(13)23)25-18(24)17-19(3,4)6-5-7-20(14,17)10-22/h8-11,17,23H,5-7H2,1-4H3/t17-,20-/m0/s1. The summed E-state index contributed by atoms with van der Waals surface area (Å²) >= 11 is 0. The number of rotatable bonds is 3. The predicted octanol–water partition coefficient (Wildman–Crippen LogP) is 3.51. The monoisotopic (exact) mass is 344 g/mol. The number of phenols is 1. The number of fused-ring (bicyclic) bond motifs is 3. The van der Waals surface area contributed by atoms with Gasteiger partial charge in [-0.05, 0) is 30.2 Å². The number of phenolic OH excluding ortho intramolecular Hbond substituents is 1. The number of benzene rings is 1. The number of carbonyl (C=O) groups excluding carboxylic acids is 3. The van der Waals surface area contributed by atoms with E-state index >= 15 is 0 Å². The Morgan fingerprint density at radius 1 is 1.28 bits per heavy atom. The molecule has 3 rings (SSSR count). The molecule has 0 unspecified atom stereocenters. The Hall–Kier alpha value is -2.17. The molecule has 134 valence electrons. The quantitative estimate of drug-likeness (QED) is 0.515. The molecule has 1 aliphatic carbocycles. The zero-order chi connectivity index (χ0) is 18.6. The van der Waals surface area contributed by atoms with E-state index in [0.717, 1.165) is 19.1 Å². The van der Waals surface area contributed by atoms with Crippen LogP contribution in [0.2, 0.25) is 0 Å². The van der Waals surface area contributed by atoms with Gasteiger partial charge in [-0.1, -0.05) is 34.1 Å². The molecule has 5 heteroatoms. The fraction of sp³-hybridized carbons (Fsp3) is 0.550. The first-order valence-corrected chi connectivity index (χ1v) is 8.73. The van der Waals surface area contributed by atoms with Crippen LogP contribution in [-0.4, -0.2) is 23.6 Å². The molecule has 1 heterocycles. The summed E-state index contributed by atoms with van der Waals surface area (Å²) in [5.74, 6) is -1.39. The predicted molar refractivity (Wildman–Crippen MR) is 92.1 cm³/mol. The largest absolute Gasteiger partial charge is 0.504 e. The van der Waals surface area contributed by atoms with E-state index in [-0.39, 0.29) is 17.4 Å². The molecule has 2 aliphatic rings. The van der Waals surface area contributed by atoms with Gasteiger partial charge in [-0.2, -0.15) is 0 Å². The molecule has 5 nitrogen and oxygen atoms in total. The third-order valence-electron chi connectivity index (χ3n) is 5.89. The Bertz CT molecular complexity index is 762. The summed E-state index contributed by atoms with van der Waals surface area (Å²) in [7, 11) is 0. The van der Waals surface area contributed by atoms with Gasteiger partial charge in [0.2, 0.25) is 0 Å². The highest BCUT2D eigenvalue weighted by Crippen LogP contribution is 2.59. The van der Waals surface area contributed by atoms with Crippen LogP contribution in [0.1, 0.15) is 74.4 Å². The van der Waals surface area contributed by atoms with Gasteiger partial charge in [-0.25, -0.2) is 0 Å². The minimum Gasteiger partial charge on any atom is -0.504 e. The molecule has 1 aromatic carbocycles. The van der Waals surface area contributed by atoms with Crippen molar-refractivity contribution in [1.29, 1.82) is 0 Å². The Kier molecular flexibility index (Phi) is 4.01.